The quantitative estimate of drug-likeness (QED) is 0.0948. The number of likely N-dealkylation sites (tertiary alicyclic amines) is 1. The molecule has 1 saturated heterocycles. The fourth-order valence-corrected chi connectivity index (χ4v) is 6.45. The molecule has 1 aliphatic heterocycles. The van der Waals surface area contributed by atoms with E-state index in [0.29, 0.717) is 32.5 Å². The van der Waals surface area contributed by atoms with Crippen LogP contribution < -0.4 is 9.47 Å². The largest absolute Gasteiger partial charge is 0.497 e. The number of benzene rings is 3. The summed E-state index contributed by atoms with van der Waals surface area (Å²) in [5.41, 5.74) is 3.29. The van der Waals surface area contributed by atoms with Crippen LogP contribution in [-0.2, 0) is 26.4 Å². The van der Waals surface area contributed by atoms with E-state index in [1.54, 1.807) is 19.1 Å². The minimum absolute atomic E-state index is 0.0741. The molecule has 238 valence electrons. The summed E-state index contributed by atoms with van der Waals surface area (Å²) < 4.78 is 32.1. The Labute approximate surface area is 278 Å². The molecule has 4 aromatic rings. The van der Waals surface area contributed by atoms with E-state index in [1.165, 1.54) is 0 Å². The van der Waals surface area contributed by atoms with Crippen LogP contribution in [0.2, 0.25) is 0 Å². The Morgan fingerprint density at radius 3 is 2.07 bits per heavy atom. The van der Waals surface area contributed by atoms with Crippen LogP contribution in [0.15, 0.2) is 78.9 Å². The molecule has 1 aromatic heterocycles. The number of carbonyl (C=O) groups is 1. The van der Waals surface area contributed by atoms with Gasteiger partial charge >= 0.3 is 6.09 Å². The second-order valence-electron chi connectivity index (χ2n) is 11.9. The first-order valence-electron chi connectivity index (χ1n) is 14.9. The van der Waals surface area contributed by atoms with Crippen molar-refractivity contribution in [3.8, 4) is 28.4 Å². The lowest BCUT2D eigenvalue weighted by Gasteiger charge is -2.41. The Hall–Kier alpha value is -3.61. The van der Waals surface area contributed by atoms with E-state index in [2.05, 4.69) is 22.6 Å². The summed E-state index contributed by atoms with van der Waals surface area (Å²) >= 11 is 2.38. The molecule has 0 unspecified atom stereocenters. The Morgan fingerprint density at radius 1 is 0.889 bits per heavy atom. The predicted molar refractivity (Wildman–Crippen MR) is 181 cm³/mol. The first kappa shape index (κ1) is 32.8. The van der Waals surface area contributed by atoms with E-state index in [-0.39, 0.29) is 12.9 Å². The zero-order chi connectivity index (χ0) is 32.0. The molecule has 1 fully saturated rings. The fraction of sp³-hybridized carbons (Fsp3) is 0.371. The highest BCUT2D eigenvalue weighted by atomic mass is 127. The third kappa shape index (κ3) is 7.79. The van der Waals surface area contributed by atoms with Crippen LogP contribution in [0, 0.1) is 3.57 Å². The summed E-state index contributed by atoms with van der Waals surface area (Å²) in [5.74, 6) is 1.53. The number of hydrogen-bond donors (Lipinski definition) is 0. The molecule has 10 heteroatoms. The standard InChI is InChI=1S/C35H40IN3O6/c1-34(2,3)45-33(40)38-21-19-35(20-22-38,44-24-43-23-25-9-7-6-8-10-25)32-30(36)31(26-11-15-28(41-4)16-12-26)39(37-32)27-13-17-29(42-5)18-14-27/h6-18H,19-24H2,1-5H3. The fourth-order valence-electron chi connectivity index (χ4n) is 5.31. The molecule has 0 atom stereocenters. The van der Waals surface area contributed by atoms with Crippen molar-refractivity contribution in [2.75, 3.05) is 34.1 Å². The number of aromatic nitrogens is 2. The van der Waals surface area contributed by atoms with Crippen molar-refractivity contribution in [1.29, 1.82) is 0 Å². The van der Waals surface area contributed by atoms with Crippen molar-refractivity contribution in [2.24, 2.45) is 0 Å². The van der Waals surface area contributed by atoms with E-state index in [4.69, 9.17) is 28.8 Å². The van der Waals surface area contributed by atoms with Gasteiger partial charge in [0.2, 0.25) is 0 Å². The van der Waals surface area contributed by atoms with Crippen LogP contribution in [0.25, 0.3) is 16.9 Å². The summed E-state index contributed by atoms with van der Waals surface area (Å²) in [6, 6.07) is 25.8. The van der Waals surface area contributed by atoms with E-state index >= 15 is 0 Å². The molecule has 0 radical (unpaired) electrons. The lowest BCUT2D eigenvalue weighted by molar-refractivity contribution is -0.171. The van der Waals surface area contributed by atoms with Gasteiger partial charge in [0.1, 0.15) is 35.2 Å². The maximum Gasteiger partial charge on any atom is 0.410 e. The average Bonchev–Trinajstić information content (AvgIpc) is 3.40. The molecule has 9 nitrogen and oxygen atoms in total. The summed E-state index contributed by atoms with van der Waals surface area (Å²) in [7, 11) is 3.31. The molecule has 45 heavy (non-hydrogen) atoms. The van der Waals surface area contributed by atoms with Gasteiger partial charge in [0.05, 0.1) is 35.8 Å². The van der Waals surface area contributed by atoms with E-state index < -0.39 is 11.2 Å². The Morgan fingerprint density at radius 2 is 1.49 bits per heavy atom. The van der Waals surface area contributed by atoms with Crippen LogP contribution in [0.5, 0.6) is 11.5 Å². The molecular weight excluding hydrogens is 685 g/mol. The second-order valence-corrected chi connectivity index (χ2v) is 13.0. The first-order chi connectivity index (χ1) is 21.6. The molecule has 1 aliphatic rings. The zero-order valence-electron chi connectivity index (χ0n) is 26.4. The Balaban J connectivity index is 1.52. The normalized spacial score (nSPS) is 14.7. The lowest BCUT2D eigenvalue weighted by Crippen LogP contribution is -2.48. The monoisotopic (exact) mass is 725 g/mol. The van der Waals surface area contributed by atoms with Gasteiger partial charge in [0.25, 0.3) is 0 Å². The van der Waals surface area contributed by atoms with Crippen LogP contribution in [0.3, 0.4) is 0 Å². The van der Waals surface area contributed by atoms with Gasteiger partial charge in [0, 0.05) is 31.5 Å². The minimum Gasteiger partial charge on any atom is -0.497 e. The summed E-state index contributed by atoms with van der Waals surface area (Å²) in [4.78, 5) is 14.7. The molecule has 0 spiro atoms. The van der Waals surface area contributed by atoms with Gasteiger partial charge in [-0.1, -0.05) is 30.3 Å². The van der Waals surface area contributed by atoms with Crippen LogP contribution in [0.4, 0.5) is 4.79 Å². The number of amides is 1. The van der Waals surface area contributed by atoms with E-state index in [0.717, 1.165) is 43.3 Å². The SMILES string of the molecule is COc1ccc(-c2c(I)c(C3(OCOCc4ccccc4)CCN(C(=O)OC(C)(C)C)CC3)nn2-c2ccc(OC)cc2)cc1. The molecule has 0 aliphatic carbocycles. The van der Waals surface area contributed by atoms with Gasteiger partial charge in [-0.2, -0.15) is 5.10 Å². The highest BCUT2D eigenvalue weighted by molar-refractivity contribution is 14.1. The molecule has 0 bridgehead atoms. The third-order valence-electron chi connectivity index (χ3n) is 7.69. The highest BCUT2D eigenvalue weighted by Crippen LogP contribution is 2.43. The average molecular weight is 726 g/mol. The minimum atomic E-state index is -0.801. The molecular formula is C35H40IN3O6. The molecule has 2 heterocycles. The Kier molecular flexibility index (Phi) is 10.4. The van der Waals surface area contributed by atoms with Crippen molar-refractivity contribution in [3.63, 3.8) is 0 Å². The van der Waals surface area contributed by atoms with Crippen LogP contribution in [0.1, 0.15) is 44.9 Å². The number of hydrogen-bond acceptors (Lipinski definition) is 7. The Bertz CT molecular complexity index is 1560. The lowest BCUT2D eigenvalue weighted by atomic mass is 9.87. The van der Waals surface area contributed by atoms with Gasteiger partial charge in [-0.25, -0.2) is 9.48 Å². The van der Waals surface area contributed by atoms with Gasteiger partial charge in [-0.05, 0) is 97.5 Å². The summed E-state index contributed by atoms with van der Waals surface area (Å²) in [6.07, 6.45) is 0.728. The topological polar surface area (TPSA) is 84.3 Å². The van der Waals surface area contributed by atoms with Gasteiger partial charge < -0.3 is 28.6 Å². The van der Waals surface area contributed by atoms with E-state index in [9.17, 15) is 4.79 Å². The maximum absolute atomic E-state index is 13.0. The smallest absolute Gasteiger partial charge is 0.410 e. The van der Waals surface area contributed by atoms with Gasteiger partial charge in [-0.15, -0.1) is 0 Å². The number of ether oxygens (including phenoxy) is 5. The predicted octanol–water partition coefficient (Wildman–Crippen LogP) is 7.58. The number of methoxy groups -OCH3 is 2. The number of piperidine rings is 1. The number of rotatable bonds is 10. The van der Waals surface area contributed by atoms with Crippen molar-refractivity contribution < 1.29 is 28.5 Å². The zero-order valence-corrected chi connectivity index (χ0v) is 28.6. The third-order valence-corrected chi connectivity index (χ3v) is 8.71. The van der Waals surface area contributed by atoms with Gasteiger partial charge in [0.15, 0.2) is 0 Å². The van der Waals surface area contributed by atoms with Crippen molar-refractivity contribution in [2.45, 2.75) is 51.4 Å². The number of nitrogens with zero attached hydrogens (tertiary/aromatic N) is 3. The van der Waals surface area contributed by atoms with Gasteiger partial charge in [-0.3, -0.25) is 0 Å². The molecule has 0 N–H and O–H groups in total. The molecule has 0 saturated carbocycles. The first-order valence-corrected chi connectivity index (χ1v) is 16.0. The summed E-state index contributed by atoms with van der Waals surface area (Å²) in [5, 5.41) is 5.24. The van der Waals surface area contributed by atoms with Crippen molar-refractivity contribution in [1.82, 2.24) is 14.7 Å². The van der Waals surface area contributed by atoms with Crippen LogP contribution in [-0.4, -0.2) is 60.5 Å². The van der Waals surface area contributed by atoms with Crippen molar-refractivity contribution >= 4 is 28.7 Å². The van der Waals surface area contributed by atoms with Crippen molar-refractivity contribution in [3.05, 3.63) is 93.7 Å². The number of carbonyl (C=O) groups excluding carboxylic acids is 1. The number of halogens is 1. The van der Waals surface area contributed by atoms with Crippen LogP contribution >= 0.6 is 22.6 Å². The second kappa shape index (κ2) is 14.2. The molecule has 5 rings (SSSR count). The molecule has 3 aromatic carbocycles. The van der Waals surface area contributed by atoms with E-state index in [1.807, 2.05) is 104 Å². The highest BCUT2D eigenvalue weighted by Gasteiger charge is 2.44. The molecule has 1 amide bonds. The maximum atomic E-state index is 13.0. The summed E-state index contributed by atoms with van der Waals surface area (Å²) in [6.45, 7) is 7.04.